The third kappa shape index (κ3) is 3.22. The molecule has 0 atom stereocenters. The van der Waals surface area contributed by atoms with Crippen molar-refractivity contribution in [2.45, 2.75) is 0 Å². The highest BCUT2D eigenvalue weighted by Gasteiger charge is 1.86. The van der Waals surface area contributed by atoms with E-state index in [4.69, 9.17) is 0 Å². The average Bonchev–Trinajstić information content (AvgIpc) is 2.88. The molecule has 0 saturated heterocycles. The molecule has 0 aliphatic rings. The molecule has 3 nitrogen and oxygen atoms in total. The molecule has 1 aromatic carbocycles. The molecule has 3 heteroatoms. The lowest BCUT2D eigenvalue weighted by atomic mass is 10.2. The third-order valence-electron chi connectivity index (χ3n) is 2.01. The maximum Gasteiger partial charge on any atom is 0.0701 e. The molecule has 0 amide bonds. The van der Waals surface area contributed by atoms with Crippen LogP contribution in [0.4, 0.5) is 0 Å². The fourth-order valence-electron chi connectivity index (χ4n) is 1.29. The average molecular weight is 214 g/mol. The summed E-state index contributed by atoms with van der Waals surface area (Å²) < 4.78 is 0. The first kappa shape index (κ1) is 11.9. The van der Waals surface area contributed by atoms with Crippen LogP contribution in [0.15, 0.2) is 67.1 Å². The number of fused-ring (bicyclic) bond motifs is 1. The van der Waals surface area contributed by atoms with Gasteiger partial charge in [0.1, 0.15) is 0 Å². The fraction of sp³-hybridized carbons (Fsp3) is 0. The summed E-state index contributed by atoms with van der Waals surface area (Å²) in [6.45, 7) is 0. The molecule has 2 heterocycles. The molecule has 16 heavy (non-hydrogen) atoms. The van der Waals surface area contributed by atoms with Crippen LogP contribution >= 0.6 is 0 Å². The molecule has 3 rings (SSSR count). The minimum absolute atomic E-state index is 0. The molecule has 2 aromatic heterocycles. The number of para-hydroxylation sites is 1. The lowest BCUT2D eigenvalue weighted by Gasteiger charge is -1.91. The Morgan fingerprint density at radius 2 is 1.50 bits per heavy atom. The lowest BCUT2D eigenvalue weighted by molar-refractivity contribution is 0.824. The first-order valence-electron chi connectivity index (χ1n) is 4.84. The van der Waals surface area contributed by atoms with Gasteiger partial charge in [-0.1, -0.05) is 24.3 Å². The van der Waals surface area contributed by atoms with Crippen LogP contribution in [0.25, 0.3) is 10.9 Å². The Morgan fingerprint density at radius 3 is 2.12 bits per heavy atom. The van der Waals surface area contributed by atoms with Gasteiger partial charge in [0, 0.05) is 24.0 Å². The molecule has 82 valence electrons. The van der Waals surface area contributed by atoms with Gasteiger partial charge in [0.25, 0.3) is 0 Å². The van der Waals surface area contributed by atoms with E-state index < -0.39 is 0 Å². The Morgan fingerprint density at radius 1 is 0.812 bits per heavy atom. The Labute approximate surface area is 94.1 Å². The summed E-state index contributed by atoms with van der Waals surface area (Å²) in [5, 5.41) is 1.20. The minimum Gasteiger partial charge on any atom is -0.412 e. The summed E-state index contributed by atoms with van der Waals surface area (Å²) in [6, 6.07) is 16.0. The van der Waals surface area contributed by atoms with Gasteiger partial charge in [-0.2, -0.15) is 0 Å². The zero-order valence-electron chi connectivity index (χ0n) is 8.80. The van der Waals surface area contributed by atoms with E-state index in [0.717, 1.165) is 5.52 Å². The van der Waals surface area contributed by atoms with Crippen molar-refractivity contribution < 1.29 is 5.48 Å². The van der Waals surface area contributed by atoms with Crippen molar-refractivity contribution in [1.29, 1.82) is 0 Å². The number of H-pyrrole nitrogens is 1. The van der Waals surface area contributed by atoms with E-state index in [-0.39, 0.29) is 5.48 Å². The zero-order valence-corrected chi connectivity index (χ0v) is 8.80. The molecular weight excluding hydrogens is 200 g/mol. The van der Waals surface area contributed by atoms with E-state index in [1.165, 1.54) is 5.39 Å². The molecule has 0 bridgehead atoms. The highest BCUT2D eigenvalue weighted by atomic mass is 16.0. The molecule has 0 radical (unpaired) electrons. The van der Waals surface area contributed by atoms with E-state index in [1.807, 2.05) is 55.0 Å². The van der Waals surface area contributed by atoms with Gasteiger partial charge < -0.3 is 10.5 Å². The van der Waals surface area contributed by atoms with Crippen molar-refractivity contribution >= 4 is 10.9 Å². The largest absolute Gasteiger partial charge is 0.412 e. The topological polar surface area (TPSA) is 60.2 Å². The Kier molecular flexibility index (Phi) is 4.76. The van der Waals surface area contributed by atoms with Crippen molar-refractivity contribution in [2.75, 3.05) is 0 Å². The van der Waals surface area contributed by atoms with E-state index in [9.17, 15) is 0 Å². The standard InChI is InChI=1S/C9H7N.C4H5N.H2O/c1-2-6-9-8(4-1)5-3-7-10-9;1-2-4-5-3-1;/h1-7H;1-5H;1H2. The normalized spacial score (nSPS) is 8.75. The molecule has 0 aliphatic heterocycles. The number of nitrogens with one attached hydrogen (secondary N) is 1. The number of pyridine rings is 1. The molecule has 0 fully saturated rings. The fourth-order valence-corrected chi connectivity index (χ4v) is 1.29. The second-order valence-electron chi connectivity index (χ2n) is 3.08. The van der Waals surface area contributed by atoms with Crippen LogP contribution in [-0.2, 0) is 0 Å². The maximum absolute atomic E-state index is 4.18. The Balaban J connectivity index is 0.000000183. The molecular formula is C13H14N2O. The number of hydrogen-bond donors (Lipinski definition) is 1. The number of nitrogens with zero attached hydrogens (tertiary/aromatic N) is 1. The van der Waals surface area contributed by atoms with Gasteiger partial charge in [0.15, 0.2) is 0 Å². The monoisotopic (exact) mass is 214 g/mol. The van der Waals surface area contributed by atoms with Crippen LogP contribution in [0, 0.1) is 0 Å². The summed E-state index contributed by atoms with van der Waals surface area (Å²) in [7, 11) is 0. The highest BCUT2D eigenvalue weighted by Crippen LogP contribution is 2.07. The van der Waals surface area contributed by atoms with Crippen molar-refractivity contribution in [1.82, 2.24) is 9.97 Å². The van der Waals surface area contributed by atoms with Crippen LogP contribution in [-0.4, -0.2) is 15.4 Å². The smallest absolute Gasteiger partial charge is 0.0701 e. The zero-order chi connectivity index (χ0) is 10.3. The van der Waals surface area contributed by atoms with Gasteiger partial charge in [-0.3, -0.25) is 4.98 Å². The summed E-state index contributed by atoms with van der Waals surface area (Å²) >= 11 is 0. The minimum atomic E-state index is 0. The highest BCUT2D eigenvalue weighted by molar-refractivity contribution is 5.77. The van der Waals surface area contributed by atoms with Gasteiger partial charge >= 0.3 is 0 Å². The quantitative estimate of drug-likeness (QED) is 0.613. The first-order valence-corrected chi connectivity index (χ1v) is 4.84. The SMILES string of the molecule is O.c1cc[nH]c1.c1ccc2ncccc2c1. The van der Waals surface area contributed by atoms with Gasteiger partial charge in [0.2, 0.25) is 0 Å². The van der Waals surface area contributed by atoms with Crippen molar-refractivity contribution in [3.63, 3.8) is 0 Å². The molecule has 0 saturated carbocycles. The van der Waals surface area contributed by atoms with E-state index >= 15 is 0 Å². The summed E-state index contributed by atoms with van der Waals surface area (Å²) in [5.41, 5.74) is 1.06. The van der Waals surface area contributed by atoms with Crippen LogP contribution < -0.4 is 0 Å². The number of hydrogen-bond acceptors (Lipinski definition) is 1. The molecule has 0 aliphatic carbocycles. The van der Waals surface area contributed by atoms with Gasteiger partial charge in [-0.25, -0.2) is 0 Å². The van der Waals surface area contributed by atoms with Crippen LogP contribution in [0.5, 0.6) is 0 Å². The maximum atomic E-state index is 4.18. The number of aromatic nitrogens is 2. The molecule has 3 N–H and O–H groups in total. The van der Waals surface area contributed by atoms with Crippen molar-refractivity contribution in [3.05, 3.63) is 67.1 Å². The summed E-state index contributed by atoms with van der Waals surface area (Å²) in [4.78, 5) is 7.04. The number of benzene rings is 1. The van der Waals surface area contributed by atoms with E-state index in [1.54, 1.807) is 0 Å². The number of aromatic amines is 1. The molecule has 0 unspecified atom stereocenters. The van der Waals surface area contributed by atoms with Crippen LogP contribution in [0.3, 0.4) is 0 Å². The first-order chi connectivity index (χ1) is 7.47. The predicted octanol–water partition coefficient (Wildman–Crippen LogP) is 2.42. The predicted molar refractivity (Wildman–Crippen MR) is 66.1 cm³/mol. The Bertz CT molecular complexity index is 423. The molecule has 3 aromatic rings. The van der Waals surface area contributed by atoms with E-state index in [2.05, 4.69) is 22.1 Å². The summed E-state index contributed by atoms with van der Waals surface area (Å²) in [6.07, 6.45) is 5.56. The third-order valence-corrected chi connectivity index (χ3v) is 2.01. The van der Waals surface area contributed by atoms with Crippen LogP contribution in [0.2, 0.25) is 0 Å². The number of rotatable bonds is 0. The van der Waals surface area contributed by atoms with E-state index in [0.29, 0.717) is 0 Å². The lowest BCUT2D eigenvalue weighted by Crippen LogP contribution is -1.73. The second kappa shape index (κ2) is 6.37. The van der Waals surface area contributed by atoms with Crippen molar-refractivity contribution in [3.8, 4) is 0 Å². The van der Waals surface area contributed by atoms with Crippen molar-refractivity contribution in [2.24, 2.45) is 0 Å². The van der Waals surface area contributed by atoms with Gasteiger partial charge in [-0.15, -0.1) is 0 Å². The van der Waals surface area contributed by atoms with Crippen LogP contribution in [0.1, 0.15) is 0 Å². The van der Waals surface area contributed by atoms with Gasteiger partial charge in [-0.05, 0) is 24.3 Å². The second-order valence-corrected chi connectivity index (χ2v) is 3.08. The summed E-state index contributed by atoms with van der Waals surface area (Å²) in [5.74, 6) is 0. The Hall–Kier alpha value is -2.13. The van der Waals surface area contributed by atoms with Gasteiger partial charge in [0.05, 0.1) is 5.52 Å². The molecule has 0 spiro atoms.